The van der Waals surface area contributed by atoms with Gasteiger partial charge in [0.25, 0.3) is 11.8 Å². The second-order valence-electron chi connectivity index (χ2n) is 14.8. The topological polar surface area (TPSA) is 195 Å². The predicted octanol–water partition coefficient (Wildman–Crippen LogP) is 9.29. The van der Waals surface area contributed by atoms with E-state index in [0.717, 1.165) is 61.3 Å². The number of carbonyl (C=O) groups is 4. The molecule has 2 amide bonds. The minimum atomic E-state index is -0.973. The molecule has 0 atom stereocenters. The van der Waals surface area contributed by atoms with Gasteiger partial charge in [0.15, 0.2) is 0 Å². The number of carbonyl (C=O) groups excluding carboxylic acids is 2. The van der Waals surface area contributed by atoms with Gasteiger partial charge in [0.2, 0.25) is 0 Å². The molecular weight excluding hydrogens is 795 g/mol. The Bertz CT molecular complexity index is 3280. The number of hydrogen-bond donors (Lipinski definition) is 4. The first-order chi connectivity index (χ1) is 30.4. The van der Waals surface area contributed by atoms with E-state index in [1.54, 1.807) is 27.6 Å². The van der Waals surface area contributed by atoms with Gasteiger partial charge in [0.05, 0.1) is 0 Å². The highest BCUT2D eigenvalue weighted by Gasteiger charge is 2.17. The number of aliphatic carboxylic acids is 2. The monoisotopic (exact) mass is 835 g/mol. The fourth-order valence-electron chi connectivity index (χ4n) is 7.67. The number of para-hydroxylation sites is 3. The molecular formula is C50H41N7O6. The molecule has 0 fully saturated rings. The number of aryl methyl sites for hydroxylation is 3. The van der Waals surface area contributed by atoms with Gasteiger partial charge in [0, 0.05) is 85.1 Å². The minimum absolute atomic E-state index is 0.0564. The molecule has 0 aliphatic rings. The van der Waals surface area contributed by atoms with Gasteiger partial charge in [-0.15, -0.1) is 0 Å². The number of nitriles is 2. The van der Waals surface area contributed by atoms with Gasteiger partial charge < -0.3 is 34.5 Å². The lowest BCUT2D eigenvalue weighted by Crippen LogP contribution is -2.14. The van der Waals surface area contributed by atoms with Crippen LogP contribution in [0.4, 0.5) is 11.4 Å². The van der Waals surface area contributed by atoms with E-state index < -0.39 is 23.8 Å². The Balaban J connectivity index is 0.000000194. The maximum atomic E-state index is 13.0. The molecule has 0 spiro atoms. The summed E-state index contributed by atoms with van der Waals surface area (Å²) in [6.45, 7) is 6.31. The van der Waals surface area contributed by atoms with Crippen molar-refractivity contribution in [3.05, 3.63) is 155 Å². The first-order valence-corrected chi connectivity index (χ1v) is 19.9. The summed E-state index contributed by atoms with van der Waals surface area (Å²) in [5, 5.41) is 46.9. The SMILES string of the molecule is CCn1c2ccccc2c2cc(NC(=O)C(C#N)=Cc3cn(CC(=O)O)c4ccccc34)ccc21.Cc1ccc(C)c(NC(=O)C(C#N)=Cc2cn(CC(=O)O)c3ccccc23)c1. The van der Waals surface area contributed by atoms with Crippen LogP contribution in [0.3, 0.4) is 0 Å². The molecule has 5 aromatic carbocycles. The fraction of sp³-hybridized carbons (Fsp3) is 0.120. The van der Waals surface area contributed by atoms with E-state index >= 15 is 0 Å². The molecule has 3 heterocycles. The number of rotatable bonds is 11. The van der Waals surface area contributed by atoms with Crippen LogP contribution in [0.25, 0.3) is 55.8 Å². The van der Waals surface area contributed by atoms with Crippen LogP contribution in [0.5, 0.6) is 0 Å². The largest absolute Gasteiger partial charge is 0.480 e. The van der Waals surface area contributed by atoms with E-state index in [1.807, 2.05) is 117 Å². The van der Waals surface area contributed by atoms with Crippen molar-refractivity contribution in [3.63, 3.8) is 0 Å². The highest BCUT2D eigenvalue weighted by atomic mass is 16.4. The molecule has 0 saturated carbocycles. The molecule has 8 aromatic rings. The maximum absolute atomic E-state index is 13.0. The number of aromatic nitrogens is 3. The molecule has 13 nitrogen and oxygen atoms in total. The van der Waals surface area contributed by atoms with E-state index in [0.29, 0.717) is 22.5 Å². The third-order valence-electron chi connectivity index (χ3n) is 10.6. The standard InChI is InChI=1S/C28H22N4O3.C22H19N3O3/c1-2-32-25-10-6-4-8-22(25)23-14-20(11-12-26(23)32)30-28(35)18(15-29)13-19-16-31(17-27(33)34)24-9-5-3-7-21(19)24;1-14-7-8-15(2)19(9-14)24-22(28)16(11-23)10-17-12-25(13-21(26)27)20-6-4-3-5-18(17)20/h3-14,16H,2,17H2,1H3,(H,30,35)(H,33,34);3-10,12H,13H2,1-2H3,(H,24,28)(H,26,27). The van der Waals surface area contributed by atoms with Crippen LogP contribution in [0, 0.1) is 36.5 Å². The number of anilines is 2. The van der Waals surface area contributed by atoms with Crippen molar-refractivity contribution in [3.8, 4) is 12.1 Å². The number of nitrogens with one attached hydrogen (secondary N) is 2. The number of hydrogen-bond acceptors (Lipinski definition) is 6. The van der Waals surface area contributed by atoms with Gasteiger partial charge in [-0.05, 0) is 86.5 Å². The van der Waals surface area contributed by atoms with Crippen molar-refractivity contribution in [2.24, 2.45) is 0 Å². The summed E-state index contributed by atoms with van der Waals surface area (Å²) in [6.07, 6.45) is 6.27. The maximum Gasteiger partial charge on any atom is 0.323 e. The summed E-state index contributed by atoms with van der Waals surface area (Å²) in [5.74, 6) is -2.98. The lowest BCUT2D eigenvalue weighted by molar-refractivity contribution is -0.138. The summed E-state index contributed by atoms with van der Waals surface area (Å²) >= 11 is 0. The Kier molecular flexibility index (Phi) is 12.3. The quantitative estimate of drug-likeness (QED) is 0.0731. The summed E-state index contributed by atoms with van der Waals surface area (Å²) in [5.41, 5.74) is 7.89. The molecule has 0 saturated heterocycles. The van der Waals surface area contributed by atoms with Crippen LogP contribution in [0.1, 0.15) is 29.2 Å². The van der Waals surface area contributed by atoms with E-state index in [-0.39, 0.29) is 24.2 Å². The van der Waals surface area contributed by atoms with Gasteiger partial charge in [-0.25, -0.2) is 0 Å². The van der Waals surface area contributed by atoms with Crippen molar-refractivity contribution in [1.82, 2.24) is 13.7 Å². The van der Waals surface area contributed by atoms with Crippen LogP contribution in [-0.2, 0) is 38.8 Å². The molecule has 8 rings (SSSR count). The van der Waals surface area contributed by atoms with Gasteiger partial charge >= 0.3 is 11.9 Å². The number of benzene rings is 5. The molecule has 0 bridgehead atoms. The van der Waals surface area contributed by atoms with Crippen LogP contribution >= 0.6 is 0 Å². The van der Waals surface area contributed by atoms with Gasteiger partial charge in [-0.2, -0.15) is 10.5 Å². The summed E-state index contributed by atoms with van der Waals surface area (Å²) in [7, 11) is 0. The number of amides is 2. The minimum Gasteiger partial charge on any atom is -0.480 e. The Labute approximate surface area is 361 Å². The molecule has 3 aromatic heterocycles. The lowest BCUT2D eigenvalue weighted by atomic mass is 10.1. The number of carboxylic acid groups (broad SMARTS) is 2. The van der Waals surface area contributed by atoms with Crippen LogP contribution in [0.2, 0.25) is 0 Å². The molecule has 312 valence electrons. The average Bonchev–Trinajstić information content (AvgIpc) is 3.91. The third kappa shape index (κ3) is 9.09. The summed E-state index contributed by atoms with van der Waals surface area (Å²) in [6, 6.07) is 38.1. The molecule has 4 N–H and O–H groups in total. The third-order valence-corrected chi connectivity index (χ3v) is 10.6. The van der Waals surface area contributed by atoms with Crippen molar-refractivity contribution in [1.29, 1.82) is 10.5 Å². The average molecular weight is 836 g/mol. The zero-order valence-corrected chi connectivity index (χ0v) is 34.6. The molecule has 63 heavy (non-hydrogen) atoms. The van der Waals surface area contributed by atoms with E-state index in [1.165, 1.54) is 12.2 Å². The van der Waals surface area contributed by atoms with Crippen LogP contribution in [-0.4, -0.2) is 47.7 Å². The number of fused-ring (bicyclic) bond motifs is 5. The van der Waals surface area contributed by atoms with Gasteiger partial charge in [0.1, 0.15) is 36.4 Å². The molecule has 0 unspecified atom stereocenters. The first-order valence-electron chi connectivity index (χ1n) is 19.9. The molecule has 0 aliphatic heterocycles. The van der Waals surface area contributed by atoms with E-state index in [2.05, 4.69) is 34.3 Å². The van der Waals surface area contributed by atoms with Crippen molar-refractivity contribution >= 4 is 90.9 Å². The second kappa shape index (κ2) is 18.3. The van der Waals surface area contributed by atoms with Gasteiger partial charge in [-0.1, -0.05) is 66.7 Å². The molecule has 0 radical (unpaired) electrons. The first kappa shape index (κ1) is 42.4. The Hall–Kier alpha value is -8.68. The Morgan fingerprint density at radius 2 is 1.10 bits per heavy atom. The summed E-state index contributed by atoms with van der Waals surface area (Å²) < 4.78 is 5.40. The van der Waals surface area contributed by atoms with Gasteiger partial charge in [-0.3, -0.25) is 19.2 Å². The predicted molar refractivity (Wildman–Crippen MR) is 245 cm³/mol. The smallest absolute Gasteiger partial charge is 0.323 e. The normalized spacial score (nSPS) is 11.5. The second-order valence-corrected chi connectivity index (χ2v) is 14.8. The lowest BCUT2D eigenvalue weighted by Gasteiger charge is -2.08. The van der Waals surface area contributed by atoms with Crippen LogP contribution < -0.4 is 10.6 Å². The van der Waals surface area contributed by atoms with Crippen LogP contribution in [0.15, 0.2) is 133 Å². The number of nitrogens with zero attached hydrogens (tertiary/aromatic N) is 5. The van der Waals surface area contributed by atoms with E-state index in [4.69, 9.17) is 5.11 Å². The Morgan fingerprint density at radius 1 is 0.603 bits per heavy atom. The zero-order valence-electron chi connectivity index (χ0n) is 34.6. The zero-order chi connectivity index (χ0) is 44.8. The summed E-state index contributed by atoms with van der Waals surface area (Å²) in [4.78, 5) is 48.0. The van der Waals surface area contributed by atoms with Crippen molar-refractivity contribution in [2.45, 2.75) is 40.4 Å². The Morgan fingerprint density at radius 3 is 1.62 bits per heavy atom. The highest BCUT2D eigenvalue weighted by molar-refractivity contribution is 6.14. The van der Waals surface area contributed by atoms with Crippen molar-refractivity contribution < 1.29 is 29.4 Å². The number of carboxylic acids is 2. The molecule has 0 aliphatic carbocycles. The fourth-order valence-corrected chi connectivity index (χ4v) is 7.67. The highest BCUT2D eigenvalue weighted by Crippen LogP contribution is 2.32. The molecule has 13 heteroatoms. The van der Waals surface area contributed by atoms with E-state index in [9.17, 15) is 34.8 Å². The van der Waals surface area contributed by atoms with Crippen molar-refractivity contribution in [2.75, 3.05) is 10.6 Å².